The first-order chi connectivity index (χ1) is 8.16. The largest absolute Gasteiger partial charge is 0.507 e. The molecule has 2 rings (SSSR count). The van der Waals surface area contributed by atoms with Crippen LogP contribution in [0, 0.1) is 0 Å². The van der Waals surface area contributed by atoms with E-state index in [1.54, 1.807) is 17.8 Å². The van der Waals surface area contributed by atoms with E-state index in [0.29, 0.717) is 11.7 Å². The summed E-state index contributed by atoms with van der Waals surface area (Å²) in [4.78, 5) is 2.04. The molecule has 0 fully saturated rings. The lowest BCUT2D eigenvalue weighted by Crippen LogP contribution is -1.85. The van der Waals surface area contributed by atoms with Crippen molar-refractivity contribution in [2.24, 2.45) is 0 Å². The maximum absolute atomic E-state index is 9.69. The second-order valence-electron chi connectivity index (χ2n) is 4.29. The van der Waals surface area contributed by atoms with Crippen molar-refractivity contribution in [2.75, 3.05) is 0 Å². The maximum Gasteiger partial charge on any atom is 0.129 e. The average molecular weight is 244 g/mol. The Morgan fingerprint density at radius 2 is 1.59 bits per heavy atom. The summed E-state index contributed by atoms with van der Waals surface area (Å²) in [6, 6.07) is 15.9. The molecule has 1 N–H and O–H groups in total. The van der Waals surface area contributed by atoms with Crippen LogP contribution in [0.2, 0.25) is 0 Å². The summed E-state index contributed by atoms with van der Waals surface area (Å²) in [5, 5.41) is 9.69. The van der Waals surface area contributed by atoms with Gasteiger partial charge in [0.1, 0.15) is 5.75 Å². The highest BCUT2D eigenvalue weighted by Crippen LogP contribution is 2.34. The van der Waals surface area contributed by atoms with E-state index >= 15 is 0 Å². The number of rotatable bonds is 3. The molecule has 0 heterocycles. The Kier molecular flexibility index (Phi) is 3.75. The molecule has 0 amide bonds. The van der Waals surface area contributed by atoms with Gasteiger partial charge in [0.2, 0.25) is 0 Å². The standard InChI is InChI=1S/C15H16OS/c1-11(2)12-7-9-13(10-8-12)17-15-6-4-3-5-14(15)16/h3-11,16H,1-2H3. The molecule has 2 aromatic rings. The molecule has 2 heteroatoms. The fraction of sp³-hybridized carbons (Fsp3) is 0.200. The predicted molar refractivity (Wildman–Crippen MR) is 72.8 cm³/mol. The van der Waals surface area contributed by atoms with Crippen molar-refractivity contribution in [3.05, 3.63) is 54.1 Å². The van der Waals surface area contributed by atoms with Gasteiger partial charge in [0.15, 0.2) is 0 Å². The van der Waals surface area contributed by atoms with Crippen molar-refractivity contribution in [1.29, 1.82) is 0 Å². The molecule has 0 atom stereocenters. The Balaban J connectivity index is 2.17. The van der Waals surface area contributed by atoms with Crippen LogP contribution in [0.5, 0.6) is 5.75 Å². The summed E-state index contributed by atoms with van der Waals surface area (Å²) in [7, 11) is 0. The number of phenolic OH excluding ortho intramolecular Hbond substituents is 1. The summed E-state index contributed by atoms with van der Waals surface area (Å²) in [6.07, 6.45) is 0. The fourth-order valence-corrected chi connectivity index (χ4v) is 2.44. The number of hydrogen-bond donors (Lipinski definition) is 1. The van der Waals surface area contributed by atoms with Crippen LogP contribution in [0.15, 0.2) is 58.3 Å². The zero-order chi connectivity index (χ0) is 12.3. The first kappa shape index (κ1) is 12.1. The van der Waals surface area contributed by atoms with Gasteiger partial charge in [-0.1, -0.05) is 49.9 Å². The Hall–Kier alpha value is -1.41. The average Bonchev–Trinajstić information content (AvgIpc) is 2.33. The summed E-state index contributed by atoms with van der Waals surface area (Å²) >= 11 is 1.58. The zero-order valence-corrected chi connectivity index (χ0v) is 10.9. The van der Waals surface area contributed by atoms with Crippen LogP contribution < -0.4 is 0 Å². The van der Waals surface area contributed by atoms with Crippen molar-refractivity contribution in [3.8, 4) is 5.75 Å². The third-order valence-corrected chi connectivity index (χ3v) is 3.71. The van der Waals surface area contributed by atoms with Crippen LogP contribution >= 0.6 is 11.8 Å². The number of aromatic hydroxyl groups is 1. The highest BCUT2D eigenvalue weighted by molar-refractivity contribution is 7.99. The van der Waals surface area contributed by atoms with Crippen molar-refractivity contribution in [1.82, 2.24) is 0 Å². The van der Waals surface area contributed by atoms with Gasteiger partial charge in [-0.05, 0) is 35.7 Å². The minimum Gasteiger partial charge on any atom is -0.507 e. The van der Waals surface area contributed by atoms with Gasteiger partial charge < -0.3 is 5.11 Å². The number of hydrogen-bond acceptors (Lipinski definition) is 2. The van der Waals surface area contributed by atoms with Crippen LogP contribution in [0.1, 0.15) is 25.3 Å². The number of benzene rings is 2. The van der Waals surface area contributed by atoms with E-state index in [2.05, 4.69) is 38.1 Å². The lowest BCUT2D eigenvalue weighted by molar-refractivity contribution is 0.462. The van der Waals surface area contributed by atoms with Crippen LogP contribution in [-0.4, -0.2) is 5.11 Å². The van der Waals surface area contributed by atoms with Gasteiger partial charge in [-0.25, -0.2) is 0 Å². The van der Waals surface area contributed by atoms with Gasteiger partial charge >= 0.3 is 0 Å². The van der Waals surface area contributed by atoms with Crippen LogP contribution in [0.4, 0.5) is 0 Å². The first-order valence-corrected chi connectivity index (χ1v) is 6.54. The molecule has 0 aliphatic heterocycles. The van der Waals surface area contributed by atoms with E-state index < -0.39 is 0 Å². The third-order valence-electron chi connectivity index (χ3n) is 2.64. The highest BCUT2D eigenvalue weighted by atomic mass is 32.2. The van der Waals surface area contributed by atoms with Gasteiger partial charge in [-0.15, -0.1) is 0 Å². The van der Waals surface area contributed by atoms with Crippen molar-refractivity contribution in [3.63, 3.8) is 0 Å². The highest BCUT2D eigenvalue weighted by Gasteiger charge is 2.03. The molecule has 0 spiro atoms. The van der Waals surface area contributed by atoms with Gasteiger partial charge in [-0.3, -0.25) is 0 Å². The van der Waals surface area contributed by atoms with Crippen molar-refractivity contribution >= 4 is 11.8 Å². The normalized spacial score (nSPS) is 10.8. The zero-order valence-electron chi connectivity index (χ0n) is 10.1. The van der Waals surface area contributed by atoms with E-state index in [1.807, 2.05) is 18.2 Å². The van der Waals surface area contributed by atoms with Crippen molar-refractivity contribution < 1.29 is 5.11 Å². The van der Waals surface area contributed by atoms with Crippen LogP contribution in [0.3, 0.4) is 0 Å². The van der Waals surface area contributed by atoms with Gasteiger partial charge in [-0.2, -0.15) is 0 Å². The van der Waals surface area contributed by atoms with E-state index in [0.717, 1.165) is 9.79 Å². The molecular formula is C15H16OS. The number of phenols is 1. The molecule has 0 saturated heterocycles. The summed E-state index contributed by atoms with van der Waals surface area (Å²) in [6.45, 7) is 4.37. The minimum absolute atomic E-state index is 0.338. The molecule has 2 aromatic carbocycles. The molecule has 0 radical (unpaired) electrons. The van der Waals surface area contributed by atoms with Crippen molar-refractivity contribution in [2.45, 2.75) is 29.6 Å². The predicted octanol–water partition coefficient (Wildman–Crippen LogP) is 4.67. The van der Waals surface area contributed by atoms with Gasteiger partial charge in [0.05, 0.1) is 4.90 Å². The van der Waals surface area contributed by atoms with E-state index in [-0.39, 0.29) is 0 Å². The first-order valence-electron chi connectivity index (χ1n) is 5.72. The van der Waals surface area contributed by atoms with E-state index in [9.17, 15) is 5.11 Å². The summed E-state index contributed by atoms with van der Waals surface area (Å²) < 4.78 is 0. The molecule has 0 aliphatic carbocycles. The summed E-state index contributed by atoms with van der Waals surface area (Å²) in [5.74, 6) is 0.893. The smallest absolute Gasteiger partial charge is 0.129 e. The molecule has 88 valence electrons. The van der Waals surface area contributed by atoms with Crippen LogP contribution in [-0.2, 0) is 0 Å². The SMILES string of the molecule is CC(C)c1ccc(Sc2ccccc2O)cc1. The molecule has 17 heavy (non-hydrogen) atoms. The lowest BCUT2D eigenvalue weighted by atomic mass is 10.0. The number of para-hydroxylation sites is 1. The fourth-order valence-electron chi connectivity index (χ4n) is 1.59. The summed E-state index contributed by atoms with van der Waals surface area (Å²) in [5.41, 5.74) is 1.34. The molecule has 1 nitrogen and oxygen atoms in total. The molecule has 0 bridgehead atoms. The topological polar surface area (TPSA) is 20.2 Å². The quantitative estimate of drug-likeness (QED) is 0.847. The van der Waals surface area contributed by atoms with E-state index in [4.69, 9.17) is 0 Å². The lowest BCUT2D eigenvalue weighted by Gasteiger charge is -2.07. The molecular weight excluding hydrogens is 228 g/mol. The minimum atomic E-state index is 0.338. The molecule has 0 saturated carbocycles. The van der Waals surface area contributed by atoms with Gasteiger partial charge in [0.25, 0.3) is 0 Å². The monoisotopic (exact) mass is 244 g/mol. The molecule has 0 unspecified atom stereocenters. The Morgan fingerprint density at radius 3 is 2.18 bits per heavy atom. The second-order valence-corrected chi connectivity index (χ2v) is 5.41. The maximum atomic E-state index is 9.69. The Morgan fingerprint density at radius 1 is 0.941 bits per heavy atom. The van der Waals surface area contributed by atoms with Gasteiger partial charge in [0, 0.05) is 4.90 Å². The Labute approximate surface area is 107 Å². The third kappa shape index (κ3) is 3.04. The second kappa shape index (κ2) is 5.28. The Bertz CT molecular complexity index is 489. The molecule has 0 aliphatic rings. The van der Waals surface area contributed by atoms with Crippen LogP contribution in [0.25, 0.3) is 0 Å². The molecule has 0 aromatic heterocycles. The van der Waals surface area contributed by atoms with E-state index in [1.165, 1.54) is 5.56 Å².